The summed E-state index contributed by atoms with van der Waals surface area (Å²) < 4.78 is 11.0. The molecule has 0 amide bonds. The summed E-state index contributed by atoms with van der Waals surface area (Å²) >= 11 is 0. The van der Waals surface area contributed by atoms with E-state index in [0.717, 1.165) is 63.6 Å². The number of rotatable bonds is 14. The number of carbonyl (C=O) groups excluding carboxylic acids is 2. The van der Waals surface area contributed by atoms with Gasteiger partial charge in [0.2, 0.25) is 0 Å². The van der Waals surface area contributed by atoms with Crippen LogP contribution >= 0.6 is 7.49 Å². The summed E-state index contributed by atoms with van der Waals surface area (Å²) in [7, 11) is 2.06. The fraction of sp³-hybridized carbons (Fsp3) is 0.895. The van der Waals surface area contributed by atoms with Crippen molar-refractivity contribution in [3.63, 3.8) is 0 Å². The zero-order valence-corrected chi connectivity index (χ0v) is 17.9. The summed E-state index contributed by atoms with van der Waals surface area (Å²) in [5, 5.41) is 0. The first-order chi connectivity index (χ1) is 11.9. The van der Waals surface area contributed by atoms with Crippen LogP contribution in [-0.4, -0.2) is 62.6 Å². The van der Waals surface area contributed by atoms with E-state index in [1.807, 2.05) is 19.0 Å². The van der Waals surface area contributed by atoms with Crippen molar-refractivity contribution in [1.82, 2.24) is 4.90 Å². The fourth-order valence-electron chi connectivity index (χ4n) is 2.63. The smallest absolute Gasteiger partial charge is 0.457 e. The summed E-state index contributed by atoms with van der Waals surface area (Å²) in [6, 6.07) is 0. The number of carbonyl (C=O) groups is 2. The van der Waals surface area contributed by atoms with E-state index in [1.54, 1.807) is 0 Å². The zero-order valence-electron chi connectivity index (χ0n) is 17.0. The monoisotopic (exact) mass is 376 g/mol. The maximum Gasteiger partial charge on any atom is 0.457 e. The maximum absolute atomic E-state index is 12.3. The Morgan fingerprint density at radius 2 is 1.28 bits per heavy atom. The molecule has 0 fully saturated rings. The van der Waals surface area contributed by atoms with Crippen LogP contribution in [0.5, 0.6) is 0 Å². The van der Waals surface area contributed by atoms with Crippen LogP contribution in [0.1, 0.15) is 65.7 Å². The van der Waals surface area contributed by atoms with Gasteiger partial charge in [-0.2, -0.15) is 0 Å². The van der Waals surface area contributed by atoms with Crippen molar-refractivity contribution in [2.24, 2.45) is 0 Å². The Morgan fingerprint density at radius 3 is 1.68 bits per heavy atom. The lowest BCUT2D eigenvalue weighted by molar-refractivity contribution is -0.162. The Labute approximate surface area is 155 Å². The van der Waals surface area contributed by atoms with Crippen molar-refractivity contribution >= 4 is 19.4 Å². The zero-order chi connectivity index (χ0) is 19.1. The minimum atomic E-state index is -1.87. The van der Waals surface area contributed by atoms with E-state index in [-0.39, 0.29) is 6.61 Å². The van der Waals surface area contributed by atoms with Gasteiger partial charge >= 0.3 is 11.9 Å². The molecule has 0 aliphatic rings. The molecule has 0 atom stereocenters. The summed E-state index contributed by atoms with van der Waals surface area (Å²) in [4.78, 5) is 26.3. The highest BCUT2D eigenvalue weighted by molar-refractivity contribution is 7.71. The van der Waals surface area contributed by atoms with Crippen molar-refractivity contribution in [2.45, 2.75) is 65.7 Å². The maximum atomic E-state index is 12.3. The number of nitrogens with zero attached hydrogens (tertiary/aromatic N) is 1. The average molecular weight is 376 g/mol. The van der Waals surface area contributed by atoms with Crippen LogP contribution in [0.25, 0.3) is 0 Å². The van der Waals surface area contributed by atoms with Crippen molar-refractivity contribution in [1.29, 1.82) is 0 Å². The first-order valence-corrected chi connectivity index (χ1v) is 12.1. The highest BCUT2D eigenvalue weighted by Crippen LogP contribution is 2.61. The molecule has 0 unspecified atom stereocenters. The largest absolute Gasteiger partial charge is 0.457 e. The van der Waals surface area contributed by atoms with Gasteiger partial charge in [0.1, 0.15) is 0 Å². The molecular weight excluding hydrogens is 337 g/mol. The Hall–Kier alpha value is -0.670. The van der Waals surface area contributed by atoms with Crippen molar-refractivity contribution in [2.75, 3.05) is 45.7 Å². The van der Waals surface area contributed by atoms with Crippen LogP contribution < -0.4 is 0 Å². The average Bonchev–Trinajstić information content (AvgIpc) is 2.59. The predicted octanol–water partition coefficient (Wildman–Crippen LogP) is 4.36. The van der Waals surface area contributed by atoms with Crippen LogP contribution in [0.4, 0.5) is 0 Å². The third-order valence-corrected chi connectivity index (χ3v) is 8.13. The van der Waals surface area contributed by atoms with Gasteiger partial charge in [0.05, 0.1) is 25.1 Å². The van der Waals surface area contributed by atoms with Gasteiger partial charge in [0.15, 0.2) is 7.49 Å². The quantitative estimate of drug-likeness (QED) is 0.195. The molecule has 0 aliphatic carbocycles. The SMILES string of the molecule is CCCC[P+](CCCC)(CCCC)OC(=O)C(=O)OCCCN(C)C. The summed E-state index contributed by atoms with van der Waals surface area (Å²) in [6.07, 6.45) is 9.89. The van der Waals surface area contributed by atoms with Gasteiger partial charge in [-0.15, -0.1) is 0 Å². The molecule has 0 aromatic carbocycles. The second-order valence-corrected chi connectivity index (χ2v) is 10.6. The number of esters is 1. The van der Waals surface area contributed by atoms with Gasteiger partial charge in [-0.25, -0.2) is 9.59 Å². The standard InChI is InChI=1S/C19H39NO4P/c1-6-9-15-25(16-10-7-2,17-11-8-3)24-19(22)18(21)23-14-12-13-20(4)5/h6-17H2,1-5H3/q+1. The van der Waals surface area contributed by atoms with Crippen molar-refractivity contribution < 1.29 is 18.8 Å². The molecule has 0 rings (SSSR count). The third kappa shape index (κ3) is 11.5. The lowest BCUT2D eigenvalue weighted by Gasteiger charge is -2.25. The molecule has 5 nitrogen and oxygen atoms in total. The topological polar surface area (TPSA) is 55.8 Å². The van der Waals surface area contributed by atoms with Gasteiger partial charge in [0.25, 0.3) is 0 Å². The van der Waals surface area contributed by atoms with Gasteiger partial charge in [-0.1, -0.05) is 40.0 Å². The molecule has 148 valence electrons. The van der Waals surface area contributed by atoms with Crippen LogP contribution in [0.2, 0.25) is 0 Å². The lowest BCUT2D eigenvalue weighted by atomic mass is 10.4. The van der Waals surface area contributed by atoms with E-state index in [9.17, 15) is 9.59 Å². The highest BCUT2D eigenvalue weighted by Gasteiger charge is 2.43. The van der Waals surface area contributed by atoms with Crippen LogP contribution in [0.15, 0.2) is 0 Å². The number of ether oxygens (including phenoxy) is 1. The molecule has 0 heterocycles. The van der Waals surface area contributed by atoms with Crippen LogP contribution in [0, 0.1) is 0 Å². The molecule has 25 heavy (non-hydrogen) atoms. The predicted molar refractivity (Wildman–Crippen MR) is 106 cm³/mol. The molecule has 0 aliphatic heterocycles. The third-order valence-electron chi connectivity index (χ3n) is 4.18. The van der Waals surface area contributed by atoms with Crippen molar-refractivity contribution in [3.8, 4) is 0 Å². The molecule has 0 bridgehead atoms. The van der Waals surface area contributed by atoms with Crippen LogP contribution in [-0.2, 0) is 18.8 Å². The van der Waals surface area contributed by atoms with Gasteiger partial charge in [-0.05, 0) is 39.8 Å². The minimum absolute atomic E-state index is 0.260. The van der Waals surface area contributed by atoms with Gasteiger partial charge in [0, 0.05) is 6.54 Å². The van der Waals surface area contributed by atoms with E-state index >= 15 is 0 Å². The second kappa shape index (κ2) is 14.5. The first-order valence-electron chi connectivity index (χ1n) is 9.82. The molecule has 0 spiro atoms. The Morgan fingerprint density at radius 1 is 0.800 bits per heavy atom. The van der Waals surface area contributed by atoms with E-state index < -0.39 is 19.4 Å². The molecule has 0 radical (unpaired) electrons. The van der Waals surface area contributed by atoms with Crippen LogP contribution in [0.3, 0.4) is 0 Å². The molecule has 0 aromatic rings. The Kier molecular flexibility index (Phi) is 14.1. The van der Waals surface area contributed by atoms with E-state index in [4.69, 9.17) is 9.26 Å². The summed E-state index contributed by atoms with van der Waals surface area (Å²) in [5.41, 5.74) is 0. The van der Waals surface area contributed by atoms with Gasteiger partial charge in [-0.3, -0.25) is 0 Å². The fourth-order valence-corrected chi connectivity index (χ4v) is 6.68. The normalized spacial score (nSPS) is 11.6. The Bertz CT molecular complexity index is 353. The summed E-state index contributed by atoms with van der Waals surface area (Å²) in [6.45, 7) is 7.53. The molecular formula is C19H39NO4P+. The van der Waals surface area contributed by atoms with E-state index in [2.05, 4.69) is 20.8 Å². The van der Waals surface area contributed by atoms with E-state index in [1.165, 1.54) is 0 Å². The second-order valence-electron chi connectivity index (χ2n) is 6.96. The molecule has 0 saturated carbocycles. The van der Waals surface area contributed by atoms with Crippen molar-refractivity contribution in [3.05, 3.63) is 0 Å². The molecule has 0 aromatic heterocycles. The number of unbranched alkanes of at least 4 members (excludes halogenated alkanes) is 3. The van der Waals surface area contributed by atoms with E-state index in [0.29, 0.717) is 6.42 Å². The van der Waals surface area contributed by atoms with Gasteiger partial charge < -0.3 is 14.2 Å². The molecule has 0 N–H and O–H groups in total. The number of hydrogen-bond donors (Lipinski definition) is 0. The summed E-state index contributed by atoms with van der Waals surface area (Å²) in [5.74, 6) is -1.60. The first kappa shape index (κ1) is 24.3. The lowest BCUT2D eigenvalue weighted by Crippen LogP contribution is -2.25. The highest BCUT2D eigenvalue weighted by atomic mass is 31.2. The Balaban J connectivity index is 4.75. The molecule has 0 saturated heterocycles. The minimum Gasteiger partial charge on any atom is -0.457 e. The number of hydrogen-bond acceptors (Lipinski definition) is 5. The molecule has 6 heteroatoms.